The van der Waals surface area contributed by atoms with Gasteiger partial charge in [0.2, 0.25) is 0 Å². The first-order chi connectivity index (χ1) is 21.3. The third-order valence-corrected chi connectivity index (χ3v) is 9.87. The Hall–Kier alpha value is -4.82. The lowest BCUT2D eigenvalue weighted by Gasteiger charge is -2.34. The number of H-pyrrole nitrogens is 1. The number of aryl methyl sites for hydroxylation is 2. The fraction of sp³-hybridized carbons (Fsp3) is 0.278. The van der Waals surface area contributed by atoms with Crippen molar-refractivity contribution in [2.45, 2.75) is 52.1 Å². The smallest absolute Gasteiger partial charge is 0.157 e. The van der Waals surface area contributed by atoms with Crippen LogP contribution in [0.1, 0.15) is 43.6 Å². The zero-order valence-corrected chi connectivity index (χ0v) is 25.4. The van der Waals surface area contributed by atoms with Crippen LogP contribution in [0.3, 0.4) is 0 Å². The largest absolute Gasteiger partial charge is 0.378 e. The summed E-state index contributed by atoms with van der Waals surface area (Å²) in [4.78, 5) is 22.1. The van der Waals surface area contributed by atoms with E-state index in [0.717, 1.165) is 80.6 Å². The Bertz CT molecular complexity index is 2050. The zero-order chi connectivity index (χ0) is 30.1. The molecule has 3 N–H and O–H groups in total. The van der Waals surface area contributed by atoms with Gasteiger partial charge < -0.3 is 20.4 Å². The number of benzene rings is 2. The van der Waals surface area contributed by atoms with E-state index >= 15 is 0 Å². The van der Waals surface area contributed by atoms with Crippen molar-refractivity contribution in [3.8, 4) is 11.5 Å². The molecule has 0 spiro atoms. The van der Waals surface area contributed by atoms with Crippen molar-refractivity contribution in [2.75, 3.05) is 17.2 Å². The van der Waals surface area contributed by atoms with E-state index in [0.29, 0.717) is 0 Å². The average molecular weight is 582 g/mol. The molecule has 4 aromatic heterocycles. The van der Waals surface area contributed by atoms with Crippen LogP contribution in [0.25, 0.3) is 33.5 Å². The van der Waals surface area contributed by atoms with Crippen molar-refractivity contribution in [1.82, 2.24) is 24.9 Å². The number of hydrogen-bond donors (Lipinski definition) is 3. The Balaban J connectivity index is 1.05. The summed E-state index contributed by atoms with van der Waals surface area (Å²) >= 11 is 0. The molecule has 8 rings (SSSR count). The minimum atomic E-state index is 0.186. The van der Waals surface area contributed by atoms with Crippen molar-refractivity contribution in [2.24, 2.45) is 5.41 Å². The number of aromatic nitrogens is 5. The van der Waals surface area contributed by atoms with Crippen molar-refractivity contribution >= 4 is 44.7 Å². The Morgan fingerprint density at radius 2 is 1.68 bits per heavy atom. The summed E-state index contributed by atoms with van der Waals surface area (Å²) in [6, 6.07) is 23.1. The molecule has 2 aliphatic rings. The number of hydrogen-bond acceptors (Lipinski definition) is 7. The van der Waals surface area contributed by atoms with E-state index in [1.165, 1.54) is 12.0 Å². The van der Waals surface area contributed by atoms with Gasteiger partial charge in [0, 0.05) is 57.5 Å². The lowest BCUT2D eigenvalue weighted by atomic mass is 9.80. The molecule has 3 atom stereocenters. The van der Waals surface area contributed by atoms with Crippen molar-refractivity contribution < 1.29 is 4.74 Å². The molecule has 5 heterocycles. The Morgan fingerprint density at radius 1 is 0.841 bits per heavy atom. The maximum Gasteiger partial charge on any atom is 0.157 e. The summed E-state index contributed by atoms with van der Waals surface area (Å²) in [5.74, 6) is 0.732. The molecule has 220 valence electrons. The summed E-state index contributed by atoms with van der Waals surface area (Å²) in [6.07, 6.45) is 6.18. The van der Waals surface area contributed by atoms with Gasteiger partial charge in [-0.1, -0.05) is 13.0 Å². The molecule has 1 saturated heterocycles. The van der Waals surface area contributed by atoms with Gasteiger partial charge in [-0.2, -0.15) is 0 Å². The predicted molar refractivity (Wildman–Crippen MR) is 176 cm³/mol. The third-order valence-electron chi connectivity index (χ3n) is 9.87. The van der Waals surface area contributed by atoms with Gasteiger partial charge in [-0.05, 0) is 99.8 Å². The minimum absolute atomic E-state index is 0.186. The van der Waals surface area contributed by atoms with Gasteiger partial charge in [0.25, 0.3) is 0 Å². The van der Waals surface area contributed by atoms with Crippen LogP contribution in [0, 0.1) is 19.3 Å². The number of aromatic amines is 1. The standard InChI is InChI=1S/C36H35N7O/c1-21-15-26(11-13-37-21)40-25-6-9-30-33(18-25)43-34(42-30)31-10-7-27(19-38-31)41-32-16-22(2)39-29-8-5-24(17-28(29)32)36-12-14-44-23(3)35(36,4)20-36/h5-11,13,15-19,23H,12,14,20H2,1-4H3,(H,37,40)(H,39,41)(H,42,43)/t23-,35?,36+/m1/s1. The van der Waals surface area contributed by atoms with E-state index in [1.54, 1.807) is 6.20 Å². The van der Waals surface area contributed by atoms with Gasteiger partial charge >= 0.3 is 0 Å². The molecule has 1 aliphatic heterocycles. The number of pyridine rings is 3. The second-order valence-corrected chi connectivity index (χ2v) is 12.7. The molecule has 0 bridgehead atoms. The first-order valence-corrected chi connectivity index (χ1v) is 15.3. The van der Waals surface area contributed by atoms with Crippen LogP contribution < -0.4 is 10.6 Å². The highest BCUT2D eigenvalue weighted by atomic mass is 16.5. The molecule has 8 heteroatoms. The van der Waals surface area contributed by atoms with E-state index in [1.807, 2.05) is 50.4 Å². The molecule has 0 radical (unpaired) electrons. The third kappa shape index (κ3) is 4.40. The topological polar surface area (TPSA) is 101 Å². The molecule has 44 heavy (non-hydrogen) atoms. The van der Waals surface area contributed by atoms with E-state index in [9.17, 15) is 0 Å². The van der Waals surface area contributed by atoms with Crippen molar-refractivity contribution in [1.29, 1.82) is 0 Å². The van der Waals surface area contributed by atoms with E-state index in [4.69, 9.17) is 19.7 Å². The molecule has 1 saturated carbocycles. The van der Waals surface area contributed by atoms with Gasteiger partial charge in [0.1, 0.15) is 5.69 Å². The van der Waals surface area contributed by atoms with Crippen LogP contribution >= 0.6 is 0 Å². The van der Waals surface area contributed by atoms with Crippen LogP contribution in [0.4, 0.5) is 22.7 Å². The zero-order valence-electron chi connectivity index (χ0n) is 25.4. The van der Waals surface area contributed by atoms with Gasteiger partial charge in [-0.15, -0.1) is 0 Å². The highest BCUT2D eigenvalue weighted by molar-refractivity contribution is 5.94. The van der Waals surface area contributed by atoms with Gasteiger partial charge in [0.15, 0.2) is 5.82 Å². The summed E-state index contributed by atoms with van der Waals surface area (Å²) in [7, 11) is 0. The number of nitrogens with zero attached hydrogens (tertiary/aromatic N) is 4. The Morgan fingerprint density at radius 3 is 2.52 bits per heavy atom. The maximum atomic E-state index is 6.03. The fourth-order valence-corrected chi connectivity index (χ4v) is 7.18. The van der Waals surface area contributed by atoms with Crippen LogP contribution in [-0.4, -0.2) is 37.6 Å². The van der Waals surface area contributed by atoms with Crippen LogP contribution in [0.15, 0.2) is 79.1 Å². The lowest BCUT2D eigenvalue weighted by Crippen LogP contribution is -2.34. The molecular weight excluding hydrogens is 546 g/mol. The summed E-state index contributed by atoms with van der Waals surface area (Å²) < 4.78 is 6.03. The highest BCUT2D eigenvalue weighted by Crippen LogP contribution is 2.70. The summed E-state index contributed by atoms with van der Waals surface area (Å²) in [6.45, 7) is 9.44. The van der Waals surface area contributed by atoms with Gasteiger partial charge in [-0.3, -0.25) is 15.0 Å². The number of fused-ring (bicyclic) bond motifs is 3. The quantitative estimate of drug-likeness (QED) is 0.183. The summed E-state index contributed by atoms with van der Waals surface area (Å²) in [5.41, 5.74) is 11.3. The highest BCUT2D eigenvalue weighted by Gasteiger charge is 2.69. The van der Waals surface area contributed by atoms with Gasteiger partial charge in [-0.25, -0.2) is 4.98 Å². The maximum absolute atomic E-state index is 6.03. The average Bonchev–Trinajstić information content (AvgIpc) is 3.46. The molecule has 1 aliphatic carbocycles. The normalized spacial score (nSPS) is 22.6. The SMILES string of the molecule is Cc1cc(Nc2ccc3nc(-c4ccc(Nc5cc(C)nc6ccc([C@@]78CCO[C@H](C)C7(C)C8)cc56)cn4)[nH]c3c2)ccn1. The van der Waals surface area contributed by atoms with Crippen LogP contribution in [0.5, 0.6) is 0 Å². The second kappa shape index (κ2) is 9.86. The fourth-order valence-electron chi connectivity index (χ4n) is 7.18. The molecule has 8 nitrogen and oxygen atoms in total. The molecule has 2 fully saturated rings. The predicted octanol–water partition coefficient (Wildman–Crippen LogP) is 8.13. The second-order valence-electron chi connectivity index (χ2n) is 12.7. The monoisotopic (exact) mass is 581 g/mol. The Labute approximate surface area is 256 Å². The molecule has 0 amide bonds. The number of ether oxygens (including phenoxy) is 1. The van der Waals surface area contributed by atoms with E-state index in [-0.39, 0.29) is 16.9 Å². The van der Waals surface area contributed by atoms with Crippen molar-refractivity contribution in [3.05, 3.63) is 96.1 Å². The summed E-state index contributed by atoms with van der Waals surface area (Å²) in [5, 5.41) is 8.20. The number of nitrogens with one attached hydrogen (secondary N) is 3. The van der Waals surface area contributed by atoms with E-state index < -0.39 is 0 Å². The molecular formula is C36H35N7O. The van der Waals surface area contributed by atoms with Gasteiger partial charge in [0.05, 0.1) is 34.5 Å². The lowest BCUT2D eigenvalue weighted by molar-refractivity contribution is -0.0241. The van der Waals surface area contributed by atoms with Crippen molar-refractivity contribution in [3.63, 3.8) is 0 Å². The number of anilines is 4. The Kier molecular flexibility index (Phi) is 6.00. The van der Waals surface area contributed by atoms with Crippen LogP contribution in [0.2, 0.25) is 0 Å². The van der Waals surface area contributed by atoms with Crippen LogP contribution in [-0.2, 0) is 10.2 Å². The minimum Gasteiger partial charge on any atom is -0.378 e. The van der Waals surface area contributed by atoms with E-state index in [2.05, 4.69) is 70.8 Å². The molecule has 1 unspecified atom stereocenters. The number of imidazole rings is 1. The molecule has 2 aromatic carbocycles. The first-order valence-electron chi connectivity index (χ1n) is 15.3. The molecule has 6 aromatic rings. The number of rotatable bonds is 6. The first kappa shape index (κ1) is 26.8.